The minimum Gasteiger partial charge on any atom is -0.359 e. The van der Waals surface area contributed by atoms with Crippen molar-refractivity contribution in [3.05, 3.63) is 66.4 Å². The van der Waals surface area contributed by atoms with Crippen LogP contribution >= 0.6 is 0 Å². The first-order valence-electron chi connectivity index (χ1n) is 8.21. The molecule has 1 aromatic rings. The number of carbonyl (C=O) groups excluding carboxylic acids is 1. The van der Waals surface area contributed by atoms with Crippen LogP contribution in [-0.2, 0) is 11.2 Å². The van der Waals surface area contributed by atoms with Crippen molar-refractivity contribution in [2.75, 3.05) is 5.32 Å². The van der Waals surface area contributed by atoms with Gasteiger partial charge in [-0.25, -0.2) is 0 Å². The number of aryl methyl sites for hydroxylation is 1. The molecule has 0 aromatic heterocycles. The Bertz CT molecular complexity index is 566. The van der Waals surface area contributed by atoms with Crippen molar-refractivity contribution in [3.63, 3.8) is 0 Å². The number of allylic oxidation sites excluding steroid dienone is 3. The van der Waals surface area contributed by atoms with Gasteiger partial charge in [-0.3, -0.25) is 4.79 Å². The zero-order valence-corrected chi connectivity index (χ0v) is 14.6. The molecule has 0 unspecified atom stereocenters. The van der Waals surface area contributed by atoms with E-state index in [1.807, 2.05) is 0 Å². The normalized spacial score (nSPS) is 10.2. The number of rotatable bonds is 11. The van der Waals surface area contributed by atoms with Crippen molar-refractivity contribution in [2.45, 2.75) is 52.4 Å². The Morgan fingerprint density at radius 1 is 1.00 bits per heavy atom. The summed E-state index contributed by atoms with van der Waals surface area (Å²) in [6.07, 6.45) is 5.36. The first-order chi connectivity index (χ1) is 10.9. The number of anilines is 1. The van der Waals surface area contributed by atoms with Crippen LogP contribution in [0.5, 0.6) is 0 Å². The molecule has 0 saturated heterocycles. The summed E-state index contributed by atoms with van der Waals surface area (Å²) in [7, 11) is 0. The van der Waals surface area contributed by atoms with Gasteiger partial charge in [-0.1, -0.05) is 36.4 Å². The number of hydrogen-bond acceptors (Lipinski definition) is 2. The largest absolute Gasteiger partial charge is 0.359 e. The van der Waals surface area contributed by atoms with Gasteiger partial charge in [0.1, 0.15) is 5.78 Å². The van der Waals surface area contributed by atoms with Crippen LogP contribution in [0.25, 0.3) is 0 Å². The summed E-state index contributed by atoms with van der Waals surface area (Å²) < 4.78 is 0. The van der Waals surface area contributed by atoms with Gasteiger partial charge in [-0.15, -0.1) is 6.58 Å². The molecule has 0 fully saturated rings. The van der Waals surface area contributed by atoms with Gasteiger partial charge in [0.05, 0.1) is 0 Å². The van der Waals surface area contributed by atoms with E-state index in [1.165, 1.54) is 11.1 Å². The predicted octanol–water partition coefficient (Wildman–Crippen LogP) is 5.83. The molecule has 0 atom stereocenters. The molecule has 2 heteroatoms. The second-order valence-electron chi connectivity index (χ2n) is 6.36. The summed E-state index contributed by atoms with van der Waals surface area (Å²) in [4.78, 5) is 11.0. The molecular weight excluding hydrogens is 282 g/mol. The van der Waals surface area contributed by atoms with E-state index in [0.29, 0.717) is 6.42 Å². The first kappa shape index (κ1) is 19.0. The summed E-state index contributed by atoms with van der Waals surface area (Å²) in [5.74, 6) is 0.180. The van der Waals surface area contributed by atoms with Crippen molar-refractivity contribution in [1.29, 1.82) is 0 Å². The standard InChI is InChI=1S/C21H29NO/c1-16(2)7-6-8-18(4)22-21-13-11-20(12-14-21)10-9-17(3)15-19(5)23/h11-14,22H,1,3-4,6-10,15H2,2,5H3. The van der Waals surface area contributed by atoms with Gasteiger partial charge in [0.15, 0.2) is 0 Å². The third kappa shape index (κ3) is 8.82. The fraction of sp³-hybridized carbons (Fsp3) is 0.381. The van der Waals surface area contributed by atoms with Crippen molar-refractivity contribution in [3.8, 4) is 0 Å². The number of ketones is 1. The smallest absolute Gasteiger partial charge is 0.133 e. The maximum absolute atomic E-state index is 11.0. The second-order valence-corrected chi connectivity index (χ2v) is 6.36. The molecule has 0 saturated carbocycles. The Morgan fingerprint density at radius 2 is 1.65 bits per heavy atom. The van der Waals surface area contributed by atoms with Gasteiger partial charge in [-0.05, 0) is 63.6 Å². The lowest BCUT2D eigenvalue weighted by Gasteiger charge is -2.10. The van der Waals surface area contributed by atoms with E-state index in [9.17, 15) is 4.79 Å². The summed E-state index contributed by atoms with van der Waals surface area (Å²) in [6.45, 7) is 15.6. The second kappa shape index (κ2) is 9.83. The Hall–Kier alpha value is -2.09. The van der Waals surface area contributed by atoms with E-state index < -0.39 is 0 Å². The Morgan fingerprint density at radius 3 is 2.22 bits per heavy atom. The van der Waals surface area contributed by atoms with Gasteiger partial charge in [0.2, 0.25) is 0 Å². The van der Waals surface area contributed by atoms with Crippen LogP contribution in [0.2, 0.25) is 0 Å². The van der Waals surface area contributed by atoms with E-state index in [1.54, 1.807) is 6.92 Å². The molecule has 23 heavy (non-hydrogen) atoms. The highest BCUT2D eigenvalue weighted by Gasteiger charge is 2.01. The van der Waals surface area contributed by atoms with Crippen LogP contribution in [0.1, 0.15) is 51.5 Å². The first-order valence-corrected chi connectivity index (χ1v) is 8.21. The number of nitrogens with one attached hydrogen (secondary N) is 1. The molecule has 0 bridgehead atoms. The maximum Gasteiger partial charge on any atom is 0.133 e. The van der Waals surface area contributed by atoms with Crippen LogP contribution in [0, 0.1) is 0 Å². The van der Waals surface area contributed by atoms with Gasteiger partial charge < -0.3 is 5.32 Å². The minimum absolute atomic E-state index is 0.180. The van der Waals surface area contributed by atoms with E-state index >= 15 is 0 Å². The minimum atomic E-state index is 0.180. The lowest BCUT2D eigenvalue weighted by molar-refractivity contribution is -0.116. The molecule has 2 nitrogen and oxygen atoms in total. The average Bonchev–Trinajstić information content (AvgIpc) is 2.45. The Labute approximate surface area is 141 Å². The third-order valence-corrected chi connectivity index (χ3v) is 3.62. The molecule has 0 aliphatic rings. The van der Waals surface area contributed by atoms with Crippen LogP contribution in [0.3, 0.4) is 0 Å². The summed E-state index contributed by atoms with van der Waals surface area (Å²) in [5.41, 5.74) is 5.58. The highest BCUT2D eigenvalue weighted by molar-refractivity contribution is 5.77. The van der Waals surface area contributed by atoms with Crippen molar-refractivity contribution >= 4 is 11.5 Å². The van der Waals surface area contributed by atoms with Gasteiger partial charge in [-0.2, -0.15) is 0 Å². The van der Waals surface area contributed by atoms with E-state index in [4.69, 9.17) is 0 Å². The molecule has 1 rings (SSSR count). The van der Waals surface area contributed by atoms with E-state index in [2.05, 4.69) is 56.2 Å². The van der Waals surface area contributed by atoms with E-state index in [0.717, 1.165) is 49.1 Å². The molecule has 1 aromatic carbocycles. The maximum atomic E-state index is 11.0. The number of hydrogen-bond donors (Lipinski definition) is 1. The van der Waals surface area contributed by atoms with Crippen molar-refractivity contribution in [2.24, 2.45) is 0 Å². The van der Waals surface area contributed by atoms with Crippen molar-refractivity contribution in [1.82, 2.24) is 0 Å². The lowest BCUT2D eigenvalue weighted by atomic mass is 10.0. The fourth-order valence-electron chi connectivity index (χ4n) is 2.39. The highest BCUT2D eigenvalue weighted by Crippen LogP contribution is 2.17. The van der Waals surface area contributed by atoms with Crippen LogP contribution in [0.15, 0.2) is 60.8 Å². The number of Topliss-reactive ketones (excluding diaryl/α,β-unsaturated/α-hetero) is 1. The van der Waals surface area contributed by atoms with Crippen LogP contribution in [-0.4, -0.2) is 5.78 Å². The van der Waals surface area contributed by atoms with Gasteiger partial charge in [0, 0.05) is 17.8 Å². The molecule has 0 amide bonds. The fourth-order valence-corrected chi connectivity index (χ4v) is 2.39. The topological polar surface area (TPSA) is 29.1 Å². The summed E-state index contributed by atoms with van der Waals surface area (Å²) >= 11 is 0. The predicted molar refractivity (Wildman–Crippen MR) is 101 cm³/mol. The zero-order chi connectivity index (χ0) is 17.2. The summed E-state index contributed by atoms with van der Waals surface area (Å²) in [5, 5.41) is 3.35. The van der Waals surface area contributed by atoms with Crippen LogP contribution in [0.4, 0.5) is 5.69 Å². The third-order valence-electron chi connectivity index (χ3n) is 3.62. The van der Waals surface area contributed by atoms with Crippen LogP contribution < -0.4 is 5.32 Å². The monoisotopic (exact) mass is 311 g/mol. The molecule has 124 valence electrons. The molecule has 0 radical (unpaired) electrons. The number of benzene rings is 1. The molecule has 0 spiro atoms. The SMILES string of the molecule is C=C(C)CCCC(=C)Nc1ccc(CCC(=C)CC(C)=O)cc1. The van der Waals surface area contributed by atoms with Gasteiger partial charge >= 0.3 is 0 Å². The molecule has 1 N–H and O–H groups in total. The molecular formula is C21H29NO. The Kier molecular flexibility index (Phi) is 8.10. The number of carbonyl (C=O) groups is 1. The zero-order valence-electron chi connectivity index (χ0n) is 14.6. The Balaban J connectivity index is 2.38. The average molecular weight is 311 g/mol. The van der Waals surface area contributed by atoms with Crippen molar-refractivity contribution < 1.29 is 4.79 Å². The lowest BCUT2D eigenvalue weighted by Crippen LogP contribution is -1.99. The molecule has 0 aliphatic carbocycles. The molecule has 0 heterocycles. The van der Waals surface area contributed by atoms with Gasteiger partial charge in [0.25, 0.3) is 0 Å². The molecule has 0 aliphatic heterocycles. The summed E-state index contributed by atoms with van der Waals surface area (Å²) in [6, 6.07) is 8.38. The quantitative estimate of drug-likeness (QED) is 0.521. The highest BCUT2D eigenvalue weighted by atomic mass is 16.1. The van der Waals surface area contributed by atoms with E-state index in [-0.39, 0.29) is 5.78 Å².